The van der Waals surface area contributed by atoms with E-state index in [1.165, 1.54) is 0 Å². The second kappa shape index (κ2) is 9.58. The van der Waals surface area contributed by atoms with Crippen molar-refractivity contribution in [2.45, 2.75) is 78.4 Å². The Bertz CT molecular complexity index is 1170. The third-order valence-corrected chi connectivity index (χ3v) is 5.21. The fraction of sp³-hybridized carbons (Fsp3) is 0.560. The zero-order chi connectivity index (χ0) is 25.3. The first-order valence-electron chi connectivity index (χ1n) is 11.5. The van der Waals surface area contributed by atoms with Crippen LogP contribution >= 0.6 is 0 Å². The molecule has 2 aromatic heterocycles. The van der Waals surface area contributed by atoms with Crippen LogP contribution in [0.4, 0.5) is 5.82 Å². The molecule has 0 fully saturated rings. The Balaban J connectivity index is 2.14. The lowest BCUT2D eigenvalue weighted by Gasteiger charge is -2.28. The van der Waals surface area contributed by atoms with Crippen LogP contribution in [0.2, 0.25) is 0 Å². The van der Waals surface area contributed by atoms with Crippen molar-refractivity contribution in [1.29, 1.82) is 0 Å². The van der Waals surface area contributed by atoms with E-state index in [4.69, 9.17) is 14.5 Å². The van der Waals surface area contributed by atoms with Gasteiger partial charge in [0.15, 0.2) is 5.82 Å². The Morgan fingerprint density at radius 2 is 1.74 bits per heavy atom. The summed E-state index contributed by atoms with van der Waals surface area (Å²) in [6.07, 6.45) is 0. The maximum Gasteiger partial charge on any atom is 0.257 e. The number of pyridine rings is 1. The van der Waals surface area contributed by atoms with E-state index in [2.05, 4.69) is 10.3 Å². The molecule has 186 valence electrons. The van der Waals surface area contributed by atoms with Gasteiger partial charge < -0.3 is 29.6 Å². The highest BCUT2D eigenvalue weighted by molar-refractivity contribution is 6.10. The average molecular weight is 473 g/mol. The van der Waals surface area contributed by atoms with Crippen LogP contribution in [0.15, 0.2) is 24.3 Å². The smallest absolute Gasteiger partial charge is 0.257 e. The number of ether oxygens (including phenoxy) is 2. The molecule has 3 rings (SSSR count). The SMILES string of the molecule is CCOCc1nc2c(NC(=O)C(C)(C)OCC(C)(C)O)nc3ccccc3c2n1CC(C)(C)O. The zero-order valence-corrected chi connectivity index (χ0v) is 21.1. The van der Waals surface area contributed by atoms with E-state index < -0.39 is 22.7 Å². The number of carbonyl (C=O) groups excluding carboxylic acids is 1. The summed E-state index contributed by atoms with van der Waals surface area (Å²) in [5.41, 5.74) is -1.35. The van der Waals surface area contributed by atoms with Crippen LogP contribution in [0.25, 0.3) is 21.9 Å². The van der Waals surface area contributed by atoms with E-state index in [1.807, 2.05) is 35.8 Å². The maximum absolute atomic E-state index is 13.2. The number of carbonyl (C=O) groups is 1. The van der Waals surface area contributed by atoms with Crippen molar-refractivity contribution in [2.75, 3.05) is 18.5 Å². The fourth-order valence-electron chi connectivity index (χ4n) is 3.51. The van der Waals surface area contributed by atoms with Crippen molar-refractivity contribution < 1.29 is 24.5 Å². The highest BCUT2D eigenvalue weighted by Gasteiger charge is 2.32. The number of aliphatic hydroxyl groups is 2. The van der Waals surface area contributed by atoms with Crippen molar-refractivity contribution in [3.63, 3.8) is 0 Å². The third kappa shape index (κ3) is 6.09. The summed E-state index contributed by atoms with van der Waals surface area (Å²) in [5.74, 6) is 0.514. The largest absolute Gasteiger partial charge is 0.389 e. The van der Waals surface area contributed by atoms with Gasteiger partial charge in [0.05, 0.1) is 35.4 Å². The van der Waals surface area contributed by atoms with Crippen LogP contribution < -0.4 is 5.32 Å². The standard InChI is InChI=1S/C25H36N4O5/c1-8-33-13-18-27-19-20(29(18)14-23(2,3)31)16-11-9-10-12-17(16)26-21(19)28-22(30)25(6,7)34-15-24(4,5)32/h9-12,31-32H,8,13-15H2,1-7H3,(H,26,28,30). The van der Waals surface area contributed by atoms with Gasteiger partial charge in [-0.25, -0.2) is 9.97 Å². The summed E-state index contributed by atoms with van der Waals surface area (Å²) in [6.45, 7) is 12.9. The number of hydrogen-bond donors (Lipinski definition) is 3. The summed E-state index contributed by atoms with van der Waals surface area (Å²) in [6, 6.07) is 7.60. The maximum atomic E-state index is 13.2. The molecule has 0 spiro atoms. The number of amides is 1. The monoisotopic (exact) mass is 472 g/mol. The molecule has 0 atom stereocenters. The molecule has 3 N–H and O–H groups in total. The molecular weight excluding hydrogens is 436 g/mol. The van der Waals surface area contributed by atoms with Crippen LogP contribution in [-0.2, 0) is 27.4 Å². The second-order valence-electron chi connectivity index (χ2n) is 10.3. The lowest BCUT2D eigenvalue weighted by Crippen LogP contribution is -2.43. The first kappa shape index (κ1) is 26.0. The number of imidazole rings is 1. The molecular formula is C25H36N4O5. The van der Waals surface area contributed by atoms with Crippen molar-refractivity contribution in [3.8, 4) is 0 Å². The summed E-state index contributed by atoms with van der Waals surface area (Å²) in [4.78, 5) is 22.6. The number of nitrogens with zero attached hydrogens (tertiary/aromatic N) is 3. The van der Waals surface area contributed by atoms with Crippen LogP contribution in [0, 0.1) is 0 Å². The highest BCUT2D eigenvalue weighted by atomic mass is 16.5. The Labute approximate surface area is 200 Å². The highest BCUT2D eigenvalue weighted by Crippen LogP contribution is 2.32. The molecule has 9 heteroatoms. The van der Waals surface area contributed by atoms with Gasteiger partial charge in [-0.1, -0.05) is 18.2 Å². The Kier molecular flexibility index (Phi) is 7.33. The first-order valence-corrected chi connectivity index (χ1v) is 11.5. The van der Waals surface area contributed by atoms with Gasteiger partial charge in [0.2, 0.25) is 0 Å². The van der Waals surface area contributed by atoms with Gasteiger partial charge in [0.1, 0.15) is 23.5 Å². The van der Waals surface area contributed by atoms with Gasteiger partial charge in [-0.3, -0.25) is 4.79 Å². The predicted octanol–water partition coefficient (Wildman–Crippen LogP) is 3.40. The molecule has 0 radical (unpaired) electrons. The molecule has 0 saturated carbocycles. The average Bonchev–Trinajstić information content (AvgIpc) is 3.07. The summed E-state index contributed by atoms with van der Waals surface area (Å²) in [5, 5.41) is 24.3. The van der Waals surface area contributed by atoms with Crippen molar-refractivity contribution in [1.82, 2.24) is 14.5 Å². The molecule has 9 nitrogen and oxygen atoms in total. The molecule has 2 heterocycles. The normalized spacial score (nSPS) is 13.1. The van der Waals surface area contributed by atoms with E-state index in [-0.39, 0.29) is 19.8 Å². The third-order valence-electron chi connectivity index (χ3n) is 5.21. The number of benzene rings is 1. The lowest BCUT2D eigenvalue weighted by atomic mass is 10.1. The number of para-hydroxylation sites is 1. The van der Waals surface area contributed by atoms with E-state index >= 15 is 0 Å². The quantitative estimate of drug-likeness (QED) is 0.414. The first-order chi connectivity index (χ1) is 15.7. The van der Waals surface area contributed by atoms with Gasteiger partial charge in [-0.15, -0.1) is 0 Å². The topological polar surface area (TPSA) is 119 Å². The van der Waals surface area contributed by atoms with E-state index in [0.717, 1.165) is 10.9 Å². The summed E-state index contributed by atoms with van der Waals surface area (Å²) in [7, 11) is 0. The van der Waals surface area contributed by atoms with Gasteiger partial charge in [0, 0.05) is 12.0 Å². The van der Waals surface area contributed by atoms with Crippen molar-refractivity contribution in [3.05, 3.63) is 30.1 Å². The molecule has 0 unspecified atom stereocenters. The number of rotatable bonds is 10. The lowest BCUT2D eigenvalue weighted by molar-refractivity contribution is -0.144. The number of hydrogen-bond acceptors (Lipinski definition) is 7. The summed E-state index contributed by atoms with van der Waals surface area (Å²) >= 11 is 0. The molecule has 3 aromatic rings. The minimum atomic E-state index is -1.22. The van der Waals surface area contributed by atoms with Gasteiger partial charge in [0.25, 0.3) is 5.91 Å². The van der Waals surface area contributed by atoms with Crippen LogP contribution in [-0.4, -0.2) is 60.7 Å². The van der Waals surface area contributed by atoms with E-state index in [1.54, 1.807) is 41.5 Å². The molecule has 1 aromatic carbocycles. The predicted molar refractivity (Wildman–Crippen MR) is 132 cm³/mol. The van der Waals surface area contributed by atoms with E-state index in [9.17, 15) is 15.0 Å². The molecule has 0 bridgehead atoms. The fourth-order valence-corrected chi connectivity index (χ4v) is 3.51. The Hall–Kier alpha value is -2.59. The Morgan fingerprint density at radius 1 is 1.06 bits per heavy atom. The Morgan fingerprint density at radius 3 is 2.35 bits per heavy atom. The molecule has 0 aliphatic heterocycles. The zero-order valence-electron chi connectivity index (χ0n) is 21.1. The van der Waals surface area contributed by atoms with Crippen molar-refractivity contribution >= 4 is 33.7 Å². The van der Waals surface area contributed by atoms with Crippen LogP contribution in [0.1, 0.15) is 54.3 Å². The van der Waals surface area contributed by atoms with Gasteiger partial charge in [-0.05, 0) is 54.5 Å². The van der Waals surface area contributed by atoms with E-state index in [0.29, 0.717) is 29.3 Å². The molecule has 1 amide bonds. The van der Waals surface area contributed by atoms with Gasteiger partial charge >= 0.3 is 0 Å². The minimum absolute atomic E-state index is 0.00725. The van der Waals surface area contributed by atoms with Gasteiger partial charge in [-0.2, -0.15) is 0 Å². The number of fused-ring (bicyclic) bond motifs is 3. The second-order valence-corrected chi connectivity index (χ2v) is 10.3. The van der Waals surface area contributed by atoms with Crippen LogP contribution in [0.3, 0.4) is 0 Å². The molecule has 0 saturated heterocycles. The van der Waals surface area contributed by atoms with Crippen LogP contribution in [0.5, 0.6) is 0 Å². The molecule has 0 aliphatic rings. The number of aromatic nitrogens is 3. The number of anilines is 1. The number of nitrogens with one attached hydrogen (secondary N) is 1. The van der Waals surface area contributed by atoms with Crippen molar-refractivity contribution in [2.24, 2.45) is 0 Å². The molecule has 0 aliphatic carbocycles. The molecule has 34 heavy (non-hydrogen) atoms. The summed E-state index contributed by atoms with van der Waals surface area (Å²) < 4.78 is 13.3. The minimum Gasteiger partial charge on any atom is -0.389 e.